The van der Waals surface area contributed by atoms with Crippen molar-refractivity contribution in [2.45, 2.75) is 63.3 Å². The predicted molar refractivity (Wildman–Crippen MR) is 132 cm³/mol. The molecular weight excluding hydrogens is 594 g/mol. The minimum absolute atomic E-state index is 0.242. The molecule has 3 heterocycles. The zero-order valence-electron chi connectivity index (χ0n) is 17.7. The van der Waals surface area contributed by atoms with E-state index in [-0.39, 0.29) is 10.9 Å². The molecule has 0 nitrogen and oxygen atoms in total. The van der Waals surface area contributed by atoms with Crippen molar-refractivity contribution in [3.05, 3.63) is 51.8 Å². The van der Waals surface area contributed by atoms with Gasteiger partial charge in [0.25, 0.3) is 0 Å². The molecule has 4 rings (SSSR count). The van der Waals surface area contributed by atoms with Crippen molar-refractivity contribution < 1.29 is 0 Å². The van der Waals surface area contributed by atoms with E-state index in [1.54, 1.807) is 20.2 Å². The molecule has 0 bridgehead atoms. The molecular formula is C22H30BiS2Si2+. The zero-order chi connectivity index (χ0) is 19.7. The van der Waals surface area contributed by atoms with Crippen molar-refractivity contribution in [3.63, 3.8) is 0 Å². The summed E-state index contributed by atoms with van der Waals surface area (Å²) in [6, 6.07) is 11.4. The van der Waals surface area contributed by atoms with Gasteiger partial charge < -0.3 is 0 Å². The van der Waals surface area contributed by atoms with Gasteiger partial charge in [0, 0.05) is 0 Å². The summed E-state index contributed by atoms with van der Waals surface area (Å²) in [5, 5.41) is 4.39. The molecule has 27 heavy (non-hydrogen) atoms. The summed E-state index contributed by atoms with van der Waals surface area (Å²) in [6.07, 6.45) is 0. The van der Waals surface area contributed by atoms with Gasteiger partial charge in [-0.25, -0.2) is 0 Å². The fraction of sp³-hybridized carbons (Fsp3) is 0.409. The molecule has 1 aromatic heterocycles. The third kappa shape index (κ3) is 3.30. The fourth-order valence-corrected chi connectivity index (χ4v) is 28.8. The van der Waals surface area contributed by atoms with Crippen molar-refractivity contribution in [1.82, 2.24) is 0 Å². The summed E-state index contributed by atoms with van der Waals surface area (Å²) in [6.45, 7) is 20.3. The van der Waals surface area contributed by atoms with Gasteiger partial charge in [-0.15, -0.1) is 0 Å². The molecule has 2 aromatic rings. The average molecular weight is 624 g/mol. The maximum absolute atomic E-state index is 2.58. The zero-order valence-corrected chi connectivity index (χ0v) is 24.8. The van der Waals surface area contributed by atoms with Crippen LogP contribution in [0.2, 0.25) is 39.3 Å². The van der Waals surface area contributed by atoms with Crippen molar-refractivity contribution in [1.29, 1.82) is 0 Å². The van der Waals surface area contributed by atoms with E-state index in [1.165, 1.54) is 0 Å². The standard InChI is InChI=1S/C22H30S2Si2.Bi/c1-16-19(15-23-22(16)26(6,7)8)20-14-21(25(3,4)5)17(2)24(20)18-12-10-9-11-13-18;/h9-13,17H,1-8H3;/q+1;. The molecule has 2 atom stereocenters. The number of rotatable bonds is 3. The van der Waals surface area contributed by atoms with Gasteiger partial charge in [-0.2, -0.15) is 0 Å². The molecule has 0 spiro atoms. The van der Waals surface area contributed by atoms with Gasteiger partial charge in [-0.1, -0.05) is 0 Å². The summed E-state index contributed by atoms with van der Waals surface area (Å²) in [7, 11) is -2.32. The molecule has 0 aliphatic carbocycles. The molecule has 2 aliphatic heterocycles. The SMILES string of the molecule is Cc1c([Si](C)(C)C)s[c]2c1=C1[C](=C([Si](C)(C)C)C(C)[S+]1c1ccccc1)[Bi]=2. The van der Waals surface area contributed by atoms with Crippen LogP contribution in [0.15, 0.2) is 43.7 Å². The number of hydrogen-bond acceptors (Lipinski definition) is 1. The van der Waals surface area contributed by atoms with Gasteiger partial charge in [0.1, 0.15) is 0 Å². The van der Waals surface area contributed by atoms with E-state index in [4.69, 9.17) is 0 Å². The topological polar surface area (TPSA) is 0 Å². The third-order valence-corrected chi connectivity index (χ3v) is 23.0. The van der Waals surface area contributed by atoms with E-state index in [1.807, 2.05) is 15.5 Å². The van der Waals surface area contributed by atoms with Crippen LogP contribution in [0.3, 0.4) is 0 Å². The second-order valence-electron chi connectivity index (χ2n) is 9.73. The van der Waals surface area contributed by atoms with Gasteiger partial charge >= 0.3 is 186 Å². The second kappa shape index (κ2) is 6.87. The fourth-order valence-electron chi connectivity index (χ4n) is 4.57. The van der Waals surface area contributed by atoms with Gasteiger partial charge in [0.15, 0.2) is 0 Å². The summed E-state index contributed by atoms with van der Waals surface area (Å²) < 4.78 is 5.56. The molecule has 5 heteroatoms. The van der Waals surface area contributed by atoms with E-state index in [9.17, 15) is 0 Å². The molecule has 0 saturated heterocycles. The first-order valence-electron chi connectivity index (χ1n) is 9.78. The van der Waals surface area contributed by atoms with Gasteiger partial charge in [0.05, 0.1) is 0 Å². The van der Waals surface area contributed by atoms with Crippen LogP contribution in [-0.4, -0.2) is 44.1 Å². The van der Waals surface area contributed by atoms with E-state index in [0.717, 1.165) is 5.25 Å². The number of thiophene rings is 1. The van der Waals surface area contributed by atoms with Crippen LogP contribution in [-0.2, 0) is 10.9 Å². The number of benzene rings is 1. The Balaban J connectivity index is 2.08. The first-order chi connectivity index (χ1) is 12.5. The molecule has 2 unspecified atom stereocenters. The maximum atomic E-state index is 2.58. The Bertz CT molecular complexity index is 1070. The Labute approximate surface area is 184 Å². The Kier molecular flexibility index (Phi) is 5.21. The normalized spacial score (nSPS) is 22.1. The van der Waals surface area contributed by atoms with E-state index < -0.39 is 38.9 Å². The summed E-state index contributed by atoms with van der Waals surface area (Å²) in [5.41, 5.74) is 1.67. The third-order valence-electron chi connectivity index (χ3n) is 5.51. The van der Waals surface area contributed by atoms with Crippen molar-refractivity contribution >= 4 is 70.5 Å². The van der Waals surface area contributed by atoms with Crippen molar-refractivity contribution in [2.24, 2.45) is 0 Å². The Morgan fingerprint density at radius 2 is 1.59 bits per heavy atom. The first kappa shape index (κ1) is 20.5. The molecule has 0 amide bonds. The van der Waals surface area contributed by atoms with Gasteiger partial charge in [0.2, 0.25) is 0 Å². The summed E-state index contributed by atoms with van der Waals surface area (Å²) in [5.74, 6) is 0. The van der Waals surface area contributed by atoms with Crippen LogP contribution in [0, 0.1) is 9.09 Å². The van der Waals surface area contributed by atoms with Crippen LogP contribution in [0.25, 0.3) is 4.91 Å². The molecule has 142 valence electrons. The molecule has 1 aromatic carbocycles. The average Bonchev–Trinajstić information content (AvgIpc) is 3.14. The summed E-state index contributed by atoms with van der Waals surface area (Å²) in [4.78, 5) is 3.39. The quantitative estimate of drug-likeness (QED) is 0.338. The number of fused-ring (bicyclic) bond motifs is 2. The van der Waals surface area contributed by atoms with Crippen LogP contribution in [0.4, 0.5) is 0 Å². The van der Waals surface area contributed by atoms with Crippen LogP contribution >= 0.6 is 11.3 Å². The Hall–Kier alpha value is 0.197. The van der Waals surface area contributed by atoms with Crippen LogP contribution in [0.1, 0.15) is 12.5 Å². The van der Waals surface area contributed by atoms with Crippen LogP contribution in [0.5, 0.6) is 0 Å². The van der Waals surface area contributed by atoms with E-state index >= 15 is 0 Å². The van der Waals surface area contributed by atoms with Gasteiger partial charge in [-0.3, -0.25) is 0 Å². The van der Waals surface area contributed by atoms with Crippen LogP contribution < -0.4 is 9.72 Å². The van der Waals surface area contributed by atoms with Gasteiger partial charge in [-0.05, 0) is 0 Å². The predicted octanol–water partition coefficient (Wildman–Crippen LogP) is 4.89. The first-order valence-corrected chi connectivity index (χ1v) is 22.4. The monoisotopic (exact) mass is 623 g/mol. The summed E-state index contributed by atoms with van der Waals surface area (Å²) >= 11 is 1.47. The van der Waals surface area contributed by atoms with E-state index in [2.05, 4.69) is 94.8 Å². The Morgan fingerprint density at radius 3 is 2.15 bits per heavy atom. The minimum atomic E-state index is -1.30. The molecule has 0 radical (unpaired) electrons. The Morgan fingerprint density at radius 1 is 0.963 bits per heavy atom. The number of hydrogen-bond donors (Lipinski definition) is 0. The molecule has 0 N–H and O–H groups in total. The second-order valence-corrected chi connectivity index (χ2v) is 29.0. The molecule has 0 fully saturated rings. The van der Waals surface area contributed by atoms with E-state index in [0.29, 0.717) is 0 Å². The van der Waals surface area contributed by atoms with Crippen molar-refractivity contribution in [2.75, 3.05) is 0 Å². The molecule has 2 aliphatic rings. The molecule has 0 saturated carbocycles. The van der Waals surface area contributed by atoms with Crippen molar-refractivity contribution in [3.8, 4) is 0 Å².